The van der Waals surface area contributed by atoms with Crippen molar-refractivity contribution in [2.45, 2.75) is 96.9 Å². The Kier molecular flexibility index (Phi) is 7.19. The minimum Gasteiger partial charge on any atom is -0.454 e. The molecule has 7 unspecified atom stereocenters. The maximum Gasteiger partial charge on any atom is 0.357 e. The number of aliphatic hydroxyl groups is 2. The number of rotatable bonds is 4. The van der Waals surface area contributed by atoms with Crippen LogP contribution in [-0.2, 0) is 33.3 Å². The molecule has 3 aliphatic carbocycles. The maximum atomic E-state index is 14.9. The molecule has 3 fully saturated rings. The van der Waals surface area contributed by atoms with Crippen molar-refractivity contribution in [3.8, 4) is 0 Å². The molecule has 2 heterocycles. The molecule has 0 aromatic carbocycles. The normalized spacial score (nSPS) is 40.4. The van der Waals surface area contributed by atoms with E-state index < -0.39 is 82.0 Å². The van der Waals surface area contributed by atoms with Gasteiger partial charge in [-0.1, -0.05) is 33.8 Å². The average molecular weight is 586 g/mol. The van der Waals surface area contributed by atoms with Crippen LogP contribution in [-0.4, -0.2) is 81.1 Å². The van der Waals surface area contributed by atoms with Gasteiger partial charge in [-0.15, -0.1) is 0 Å². The lowest BCUT2D eigenvalue weighted by Gasteiger charge is -2.68. The third kappa shape index (κ3) is 4.07. The molecule has 5 rings (SSSR count). The van der Waals surface area contributed by atoms with Gasteiger partial charge in [0.2, 0.25) is 0 Å². The molecule has 0 amide bonds. The fraction of sp³-hybridized carbons (Fsp3) is 0.645. The van der Waals surface area contributed by atoms with Crippen LogP contribution in [0.15, 0.2) is 35.5 Å². The highest BCUT2D eigenvalue weighted by Crippen LogP contribution is 2.65. The van der Waals surface area contributed by atoms with Gasteiger partial charge in [0.15, 0.2) is 17.5 Å². The Labute approximate surface area is 244 Å². The van der Waals surface area contributed by atoms with Crippen LogP contribution < -0.4 is 0 Å². The minimum absolute atomic E-state index is 0.0260. The maximum absolute atomic E-state index is 14.9. The molecule has 2 bridgehead atoms. The van der Waals surface area contributed by atoms with E-state index in [1.807, 2.05) is 6.92 Å². The van der Waals surface area contributed by atoms with E-state index in [1.165, 1.54) is 26.1 Å². The van der Waals surface area contributed by atoms with Gasteiger partial charge in [-0.2, -0.15) is 0 Å². The van der Waals surface area contributed by atoms with E-state index in [0.717, 1.165) is 0 Å². The summed E-state index contributed by atoms with van der Waals surface area (Å²) in [5, 5.41) is 24.2. The van der Waals surface area contributed by atoms with E-state index in [-0.39, 0.29) is 24.3 Å². The lowest BCUT2D eigenvalue weighted by molar-refractivity contribution is -0.340. The molecule has 1 saturated heterocycles. The van der Waals surface area contributed by atoms with E-state index in [1.54, 1.807) is 39.8 Å². The van der Waals surface area contributed by atoms with Crippen LogP contribution in [0.3, 0.4) is 0 Å². The number of pyridine rings is 1. The van der Waals surface area contributed by atoms with E-state index in [9.17, 15) is 29.4 Å². The lowest BCUT2D eigenvalue weighted by atomic mass is 9.43. The first kappa shape index (κ1) is 30.3. The summed E-state index contributed by atoms with van der Waals surface area (Å²) in [4.78, 5) is 57.8. The Bertz CT molecular complexity index is 1360. The highest BCUT2D eigenvalue weighted by molar-refractivity contribution is 5.95. The lowest BCUT2D eigenvalue weighted by Crippen LogP contribution is -2.80. The van der Waals surface area contributed by atoms with Crippen LogP contribution in [0.5, 0.6) is 0 Å². The van der Waals surface area contributed by atoms with Crippen LogP contribution in [0.1, 0.15) is 71.8 Å². The van der Waals surface area contributed by atoms with Crippen molar-refractivity contribution >= 4 is 23.7 Å². The predicted octanol–water partition coefficient (Wildman–Crippen LogP) is 2.32. The Hall–Kier alpha value is -3.15. The third-order valence-corrected chi connectivity index (χ3v) is 10.5. The van der Waals surface area contributed by atoms with Crippen molar-refractivity contribution in [2.24, 2.45) is 22.7 Å². The SMILES string of the molecule is CC(=O)OC1C(=O)[C@@]2(C)C(C(OC(=O)c3ccccn3)C3(O)CC(O)C(C)=C1C3(C)C)C1(OC(C)=O)COC1C[C@@H]2C. The monoisotopic (exact) mass is 585 g/mol. The molecule has 4 aliphatic rings. The number of carbonyl (C=O) groups excluding carboxylic acids is 4. The van der Waals surface area contributed by atoms with Crippen molar-refractivity contribution < 1.29 is 48.3 Å². The van der Waals surface area contributed by atoms with Gasteiger partial charge in [-0.05, 0) is 42.5 Å². The molecule has 11 nitrogen and oxygen atoms in total. The van der Waals surface area contributed by atoms with E-state index >= 15 is 0 Å². The Balaban J connectivity index is 1.84. The van der Waals surface area contributed by atoms with Crippen LogP contribution in [0.2, 0.25) is 0 Å². The van der Waals surface area contributed by atoms with Crippen LogP contribution in [0, 0.1) is 22.7 Å². The number of ketones is 1. The number of aromatic nitrogens is 1. The molecule has 11 heteroatoms. The van der Waals surface area contributed by atoms with Crippen molar-refractivity contribution in [1.82, 2.24) is 4.98 Å². The molecular weight excluding hydrogens is 546 g/mol. The fourth-order valence-electron chi connectivity index (χ4n) is 8.10. The number of fused-ring (bicyclic) bond motifs is 5. The molecule has 1 aliphatic heterocycles. The van der Waals surface area contributed by atoms with Crippen molar-refractivity contribution in [1.29, 1.82) is 0 Å². The summed E-state index contributed by atoms with van der Waals surface area (Å²) < 4.78 is 23.9. The van der Waals surface area contributed by atoms with Gasteiger partial charge in [0.1, 0.15) is 23.5 Å². The summed E-state index contributed by atoms with van der Waals surface area (Å²) in [5.41, 5.74) is -5.69. The Morgan fingerprint density at radius 2 is 1.79 bits per heavy atom. The molecule has 9 atom stereocenters. The number of ether oxygens (including phenoxy) is 4. The number of carbonyl (C=O) groups is 4. The first-order valence-corrected chi connectivity index (χ1v) is 14.3. The van der Waals surface area contributed by atoms with Crippen LogP contribution in [0.4, 0.5) is 0 Å². The number of Topliss-reactive ketones (excluding diaryl/α,β-unsaturated/α-hetero) is 1. The standard InChI is InChI=1S/C31H39NO10/c1-15-12-21-30(14-39-21,42-18(4)34)24-26(41-27(37)19-10-8-9-11-32-19)31(38)13-20(35)16(2)22(28(31,5)6)23(40-17(3)33)25(36)29(15,24)7/h8-11,15,20-21,23-24,26,35,38H,12-14H2,1-7H3/t15-,20?,21?,23?,24?,26?,29+,30?,31?/m0/s1. The fourth-order valence-corrected chi connectivity index (χ4v) is 8.10. The second-order valence-corrected chi connectivity index (χ2v) is 13.0. The summed E-state index contributed by atoms with van der Waals surface area (Å²) in [7, 11) is 0. The summed E-state index contributed by atoms with van der Waals surface area (Å²) in [6.07, 6.45) is -3.36. The summed E-state index contributed by atoms with van der Waals surface area (Å²) in [6.45, 7) is 10.8. The largest absolute Gasteiger partial charge is 0.454 e. The molecule has 0 radical (unpaired) electrons. The van der Waals surface area contributed by atoms with Gasteiger partial charge in [-0.3, -0.25) is 14.4 Å². The van der Waals surface area contributed by atoms with Crippen molar-refractivity contribution in [3.05, 3.63) is 41.2 Å². The number of hydrogen-bond donors (Lipinski definition) is 2. The zero-order valence-electron chi connectivity index (χ0n) is 25.0. The van der Waals surface area contributed by atoms with Crippen LogP contribution >= 0.6 is 0 Å². The van der Waals surface area contributed by atoms with E-state index in [2.05, 4.69) is 4.98 Å². The highest BCUT2D eigenvalue weighted by atomic mass is 16.6. The first-order chi connectivity index (χ1) is 19.5. The quantitative estimate of drug-likeness (QED) is 0.303. The molecule has 0 spiro atoms. The third-order valence-electron chi connectivity index (χ3n) is 10.5. The Morgan fingerprint density at radius 3 is 2.33 bits per heavy atom. The second-order valence-electron chi connectivity index (χ2n) is 13.0. The van der Waals surface area contributed by atoms with Crippen molar-refractivity contribution in [2.75, 3.05) is 6.61 Å². The molecule has 1 aromatic heterocycles. The molecule has 1 aromatic rings. The number of hydrogen-bond acceptors (Lipinski definition) is 11. The average Bonchev–Trinajstić information content (AvgIpc) is 2.90. The van der Waals surface area contributed by atoms with E-state index in [4.69, 9.17) is 18.9 Å². The Morgan fingerprint density at radius 1 is 1.10 bits per heavy atom. The van der Waals surface area contributed by atoms with Gasteiger partial charge in [0, 0.05) is 37.3 Å². The van der Waals surface area contributed by atoms with Gasteiger partial charge < -0.3 is 29.2 Å². The first-order valence-electron chi connectivity index (χ1n) is 14.3. The molecular formula is C31H39NO10. The smallest absolute Gasteiger partial charge is 0.357 e. The summed E-state index contributed by atoms with van der Waals surface area (Å²) in [6, 6.07) is 4.72. The summed E-state index contributed by atoms with van der Waals surface area (Å²) in [5.74, 6) is -4.29. The number of aliphatic hydroxyl groups excluding tert-OH is 1. The van der Waals surface area contributed by atoms with Gasteiger partial charge in [0.25, 0.3) is 0 Å². The molecule has 228 valence electrons. The van der Waals surface area contributed by atoms with Crippen LogP contribution in [0.25, 0.3) is 0 Å². The number of esters is 3. The van der Waals surface area contributed by atoms with Gasteiger partial charge >= 0.3 is 17.9 Å². The molecule has 2 saturated carbocycles. The topological polar surface area (TPSA) is 159 Å². The zero-order valence-corrected chi connectivity index (χ0v) is 25.0. The van der Waals surface area contributed by atoms with Gasteiger partial charge in [0.05, 0.1) is 18.6 Å². The van der Waals surface area contributed by atoms with Gasteiger partial charge in [-0.25, -0.2) is 9.78 Å². The summed E-state index contributed by atoms with van der Waals surface area (Å²) >= 11 is 0. The molecule has 2 N–H and O–H groups in total. The zero-order chi connectivity index (χ0) is 31.0. The minimum atomic E-state index is -2.03. The molecule has 42 heavy (non-hydrogen) atoms. The second kappa shape index (κ2) is 9.96. The van der Waals surface area contributed by atoms with Crippen molar-refractivity contribution in [3.63, 3.8) is 0 Å². The highest BCUT2D eigenvalue weighted by Gasteiger charge is 2.77. The number of nitrogens with zero attached hydrogens (tertiary/aromatic N) is 1. The predicted molar refractivity (Wildman–Crippen MR) is 146 cm³/mol. The van der Waals surface area contributed by atoms with E-state index in [0.29, 0.717) is 12.0 Å².